The zero-order valence-corrected chi connectivity index (χ0v) is 14.3. The van der Waals surface area contributed by atoms with E-state index in [-0.39, 0.29) is 24.8 Å². The van der Waals surface area contributed by atoms with Gasteiger partial charge in [0.05, 0.1) is 20.1 Å². The van der Waals surface area contributed by atoms with Gasteiger partial charge in [-0.05, 0) is 12.1 Å². The van der Waals surface area contributed by atoms with Gasteiger partial charge in [0.15, 0.2) is 5.69 Å². The van der Waals surface area contributed by atoms with Gasteiger partial charge in [0, 0.05) is 23.7 Å². The molecule has 1 unspecified atom stereocenters. The summed E-state index contributed by atoms with van der Waals surface area (Å²) in [5.74, 6) is 0. The van der Waals surface area contributed by atoms with Gasteiger partial charge in [-0.2, -0.15) is 0 Å². The van der Waals surface area contributed by atoms with E-state index in [0.717, 1.165) is 6.54 Å². The number of hydrogen-bond acceptors (Lipinski definition) is 1. The molecular formula is C17H23Cl2N3. The Kier molecular flexibility index (Phi) is 7.69. The number of halogens is 2. The predicted octanol–water partition coefficient (Wildman–Crippen LogP) is -4.95. The zero-order valence-electron chi connectivity index (χ0n) is 12.8. The fraction of sp³-hybridized carbons (Fsp3) is 0.294. The Balaban J connectivity index is 0.00000121. The van der Waals surface area contributed by atoms with Crippen LogP contribution in [0, 0.1) is 0 Å². The molecule has 1 heterocycles. The SMILES string of the molecule is C[NH2+]CCC[NH+]1Cc2ccccc2Nc2ccccc21.[Cl-].[Cl-]. The van der Waals surface area contributed by atoms with Crippen LogP contribution in [0.4, 0.5) is 17.1 Å². The summed E-state index contributed by atoms with van der Waals surface area (Å²) < 4.78 is 0. The number of nitrogens with one attached hydrogen (secondary N) is 2. The Bertz CT molecular complexity index is 590. The number of hydrogen-bond donors (Lipinski definition) is 3. The van der Waals surface area contributed by atoms with Gasteiger partial charge in [0.25, 0.3) is 0 Å². The van der Waals surface area contributed by atoms with E-state index in [0.29, 0.717) is 0 Å². The smallest absolute Gasteiger partial charge is 0.155 e. The molecule has 2 aromatic carbocycles. The standard InChI is InChI=1S/C17H21N3.2ClH/c1-18-11-6-12-20-13-14-7-2-3-8-15(14)19-16-9-4-5-10-17(16)20;;/h2-5,7-10,18-19H,6,11-13H2,1H3;2*1H. The zero-order chi connectivity index (χ0) is 13.8. The fourth-order valence-electron chi connectivity index (χ4n) is 2.91. The van der Waals surface area contributed by atoms with Crippen molar-refractivity contribution in [3.05, 3.63) is 54.1 Å². The quantitative estimate of drug-likeness (QED) is 0.479. The molecular weight excluding hydrogens is 317 g/mol. The summed E-state index contributed by atoms with van der Waals surface area (Å²) in [6.45, 7) is 3.43. The van der Waals surface area contributed by atoms with Crippen LogP contribution in [-0.4, -0.2) is 20.1 Å². The van der Waals surface area contributed by atoms with Crippen molar-refractivity contribution >= 4 is 17.1 Å². The van der Waals surface area contributed by atoms with Crippen LogP contribution in [0.3, 0.4) is 0 Å². The second-order valence-electron chi connectivity index (χ2n) is 5.41. The molecule has 4 N–H and O–H groups in total. The second-order valence-corrected chi connectivity index (χ2v) is 5.41. The molecule has 3 nitrogen and oxygen atoms in total. The lowest BCUT2D eigenvalue weighted by Crippen LogP contribution is -3.06. The first-order valence-electron chi connectivity index (χ1n) is 7.45. The van der Waals surface area contributed by atoms with Crippen LogP contribution in [0.15, 0.2) is 48.5 Å². The van der Waals surface area contributed by atoms with Crippen LogP contribution in [0.2, 0.25) is 0 Å². The molecule has 0 radical (unpaired) electrons. The maximum absolute atomic E-state index is 3.59. The Labute approximate surface area is 144 Å². The van der Waals surface area contributed by atoms with Gasteiger partial charge in [-0.3, -0.25) is 4.90 Å². The third kappa shape index (κ3) is 4.14. The van der Waals surface area contributed by atoms with Crippen LogP contribution in [0.1, 0.15) is 12.0 Å². The van der Waals surface area contributed by atoms with Crippen LogP contribution < -0.4 is 40.3 Å². The molecule has 1 aliphatic heterocycles. The Hall–Kier alpha value is -1.26. The summed E-state index contributed by atoms with van der Waals surface area (Å²) >= 11 is 0. The third-order valence-electron chi connectivity index (χ3n) is 3.97. The molecule has 1 atom stereocenters. The Morgan fingerprint density at radius 2 is 1.68 bits per heavy atom. The van der Waals surface area contributed by atoms with Gasteiger partial charge >= 0.3 is 0 Å². The number of para-hydroxylation sites is 3. The second kappa shape index (κ2) is 9.01. The third-order valence-corrected chi connectivity index (χ3v) is 3.97. The first-order chi connectivity index (χ1) is 9.88. The minimum Gasteiger partial charge on any atom is -1.00 e. The predicted molar refractivity (Wildman–Crippen MR) is 82.7 cm³/mol. The highest BCUT2D eigenvalue weighted by Crippen LogP contribution is 2.27. The first-order valence-corrected chi connectivity index (χ1v) is 7.45. The average Bonchev–Trinajstić information content (AvgIpc) is 2.64. The average molecular weight is 340 g/mol. The van der Waals surface area contributed by atoms with E-state index in [1.807, 2.05) is 0 Å². The highest BCUT2D eigenvalue weighted by molar-refractivity contribution is 5.72. The van der Waals surface area contributed by atoms with E-state index >= 15 is 0 Å². The maximum Gasteiger partial charge on any atom is 0.155 e. The van der Waals surface area contributed by atoms with Gasteiger partial charge in [-0.1, -0.05) is 30.3 Å². The van der Waals surface area contributed by atoms with Gasteiger partial charge in [0.1, 0.15) is 12.2 Å². The van der Waals surface area contributed by atoms with Crippen molar-refractivity contribution in [3.63, 3.8) is 0 Å². The molecule has 22 heavy (non-hydrogen) atoms. The van der Waals surface area contributed by atoms with Crippen molar-refractivity contribution in [1.82, 2.24) is 0 Å². The largest absolute Gasteiger partial charge is 1.00 e. The molecule has 2 aromatic rings. The van der Waals surface area contributed by atoms with E-state index < -0.39 is 0 Å². The highest BCUT2D eigenvalue weighted by Gasteiger charge is 2.22. The molecule has 120 valence electrons. The molecule has 0 saturated carbocycles. The maximum atomic E-state index is 3.59. The number of nitrogens with two attached hydrogens (primary N) is 1. The summed E-state index contributed by atoms with van der Waals surface area (Å²) in [7, 11) is 2.14. The fourth-order valence-corrected chi connectivity index (χ4v) is 2.91. The molecule has 0 fully saturated rings. The van der Waals surface area contributed by atoms with Gasteiger partial charge < -0.3 is 35.4 Å². The van der Waals surface area contributed by atoms with Gasteiger partial charge in [-0.25, -0.2) is 0 Å². The van der Waals surface area contributed by atoms with E-state index in [4.69, 9.17) is 0 Å². The number of fused-ring (bicyclic) bond motifs is 2. The highest BCUT2D eigenvalue weighted by atomic mass is 35.5. The topological polar surface area (TPSA) is 33.1 Å². The minimum atomic E-state index is 0. The lowest BCUT2D eigenvalue weighted by atomic mass is 10.1. The van der Waals surface area contributed by atoms with Gasteiger partial charge in [-0.15, -0.1) is 0 Å². The lowest BCUT2D eigenvalue weighted by Gasteiger charge is -2.18. The van der Waals surface area contributed by atoms with Crippen molar-refractivity contribution < 1.29 is 35.0 Å². The molecule has 0 aromatic heterocycles. The van der Waals surface area contributed by atoms with Crippen LogP contribution in [0.5, 0.6) is 0 Å². The Morgan fingerprint density at radius 1 is 1.00 bits per heavy atom. The normalized spacial score (nSPS) is 15.2. The van der Waals surface area contributed by atoms with Crippen molar-refractivity contribution in [2.24, 2.45) is 0 Å². The van der Waals surface area contributed by atoms with Crippen molar-refractivity contribution in [2.45, 2.75) is 13.0 Å². The number of anilines is 2. The van der Waals surface area contributed by atoms with Crippen molar-refractivity contribution in [2.75, 3.05) is 25.5 Å². The van der Waals surface area contributed by atoms with Crippen molar-refractivity contribution in [1.29, 1.82) is 0 Å². The van der Waals surface area contributed by atoms with Crippen molar-refractivity contribution in [3.8, 4) is 0 Å². The lowest BCUT2D eigenvalue weighted by molar-refractivity contribution is -0.848. The monoisotopic (exact) mass is 339 g/mol. The summed E-state index contributed by atoms with van der Waals surface area (Å²) in [6.07, 6.45) is 1.24. The summed E-state index contributed by atoms with van der Waals surface area (Å²) in [5.41, 5.74) is 5.28. The van der Waals surface area contributed by atoms with Crippen LogP contribution in [-0.2, 0) is 6.54 Å². The van der Waals surface area contributed by atoms with E-state index in [1.165, 1.54) is 42.1 Å². The molecule has 3 rings (SSSR count). The summed E-state index contributed by atoms with van der Waals surface area (Å²) in [5, 5.41) is 5.85. The molecule has 0 saturated heterocycles. The molecule has 1 aliphatic rings. The number of rotatable bonds is 4. The van der Waals surface area contributed by atoms with Crippen LogP contribution in [0.25, 0.3) is 0 Å². The molecule has 0 bridgehead atoms. The Morgan fingerprint density at radius 3 is 2.45 bits per heavy atom. The first kappa shape index (κ1) is 18.8. The molecule has 0 aliphatic carbocycles. The van der Waals surface area contributed by atoms with E-state index in [1.54, 1.807) is 4.90 Å². The van der Waals surface area contributed by atoms with E-state index in [2.05, 4.69) is 66.2 Å². The number of quaternary nitrogens is 2. The minimum absolute atomic E-state index is 0. The number of benzene rings is 2. The summed E-state index contributed by atoms with van der Waals surface area (Å²) in [6, 6.07) is 17.3. The summed E-state index contributed by atoms with van der Waals surface area (Å²) in [4.78, 5) is 1.56. The van der Waals surface area contributed by atoms with E-state index in [9.17, 15) is 0 Å². The molecule has 0 spiro atoms. The molecule has 5 heteroatoms. The van der Waals surface area contributed by atoms with Crippen LogP contribution >= 0.6 is 0 Å². The van der Waals surface area contributed by atoms with Gasteiger partial charge in [0.2, 0.25) is 0 Å². The molecule has 0 amide bonds.